The lowest BCUT2D eigenvalue weighted by Crippen LogP contribution is -2.26. The first-order valence-corrected chi connectivity index (χ1v) is 12.1. The predicted octanol–water partition coefficient (Wildman–Crippen LogP) is 2.73. The van der Waals surface area contributed by atoms with Crippen LogP contribution >= 0.6 is 33.1 Å². The number of aromatic nitrogens is 1. The van der Waals surface area contributed by atoms with Gasteiger partial charge >= 0.3 is 0 Å². The number of pyridine rings is 1. The molecule has 1 aromatic rings. The van der Waals surface area contributed by atoms with Gasteiger partial charge in [0.15, 0.2) is 0 Å². The first-order valence-electron chi connectivity index (χ1n) is 5.47. The Morgan fingerprint density at radius 1 is 1.65 bits per heavy atom. The number of carbonyl (C=O) groups excluding carboxylic acids is 1. The Morgan fingerprint density at radius 2 is 2.41 bits per heavy atom. The molecule has 0 N–H and O–H groups in total. The van der Waals surface area contributed by atoms with Gasteiger partial charge in [-0.1, -0.05) is 14.9 Å². The molecule has 1 aliphatic rings. The van der Waals surface area contributed by atoms with Crippen LogP contribution in [0.15, 0.2) is 12.3 Å². The number of carbonyl (C=O) groups is 1. The van der Waals surface area contributed by atoms with E-state index in [0.29, 0.717) is 6.54 Å². The van der Waals surface area contributed by atoms with Gasteiger partial charge in [0.25, 0.3) is 5.91 Å². The topological polar surface area (TPSA) is 33.2 Å². The van der Waals surface area contributed by atoms with Crippen LogP contribution < -0.4 is 5.30 Å². The number of rotatable bonds is 4. The third kappa shape index (κ3) is 2.69. The summed E-state index contributed by atoms with van der Waals surface area (Å²) < 4.78 is 0. The maximum atomic E-state index is 12.3. The van der Waals surface area contributed by atoms with Gasteiger partial charge in [-0.3, -0.25) is 9.78 Å². The smallest absolute Gasteiger partial charge is 0.256 e. The van der Waals surface area contributed by atoms with Crippen LogP contribution in [0.2, 0.25) is 0 Å². The van der Waals surface area contributed by atoms with Crippen molar-refractivity contribution in [3.05, 3.63) is 23.5 Å². The van der Waals surface area contributed by atoms with E-state index in [1.165, 1.54) is 5.30 Å². The summed E-state index contributed by atoms with van der Waals surface area (Å²) >= 11 is 0. The molecule has 0 saturated carbocycles. The number of hydrogen-bond donors (Lipinski definition) is 0. The molecule has 3 nitrogen and oxygen atoms in total. The molecule has 4 atom stereocenters. The van der Waals surface area contributed by atoms with E-state index in [1.807, 2.05) is 17.2 Å². The average Bonchev–Trinajstić information content (AvgIpc) is 2.66. The monoisotopic (exact) mass is 304 g/mol. The van der Waals surface area contributed by atoms with Gasteiger partial charge in [-0.2, -0.15) is 0 Å². The van der Waals surface area contributed by atoms with Gasteiger partial charge in [-0.25, -0.2) is 0 Å². The van der Waals surface area contributed by atoms with E-state index in [2.05, 4.69) is 29.8 Å². The normalized spacial score (nSPS) is 16.9. The lowest BCUT2D eigenvalue weighted by molar-refractivity contribution is 0.0779. The van der Waals surface area contributed by atoms with Crippen molar-refractivity contribution in [2.45, 2.75) is 19.9 Å². The van der Waals surface area contributed by atoms with Crippen LogP contribution in [-0.4, -0.2) is 22.3 Å². The Balaban J connectivity index is 2.38. The molecule has 0 bridgehead atoms. The Bertz CT molecular complexity index is 440. The van der Waals surface area contributed by atoms with Gasteiger partial charge in [0.2, 0.25) is 0 Å². The van der Waals surface area contributed by atoms with Crippen molar-refractivity contribution >= 4 is 44.3 Å². The summed E-state index contributed by atoms with van der Waals surface area (Å²) in [5.41, 5.74) is 1.83. The van der Waals surface area contributed by atoms with Gasteiger partial charge in [0, 0.05) is 18.0 Å². The van der Waals surface area contributed by atoms with E-state index in [0.717, 1.165) is 32.2 Å². The molecule has 2 rings (SSSR count). The third-order valence-corrected chi connectivity index (χ3v) is 12.8. The van der Waals surface area contributed by atoms with Gasteiger partial charge in [0.05, 0.1) is 17.8 Å². The Hall–Kier alpha value is 0.340. The molecule has 0 saturated heterocycles. The molecule has 2 heterocycles. The molecule has 4 unspecified atom stereocenters. The second-order valence-corrected chi connectivity index (χ2v) is 13.0. The predicted molar refractivity (Wildman–Crippen MR) is 83.6 cm³/mol. The molecule has 0 aliphatic carbocycles. The largest absolute Gasteiger partial charge is 0.333 e. The molecule has 1 amide bonds. The lowest BCUT2D eigenvalue weighted by Gasteiger charge is -2.15. The fraction of sp³-hybridized carbons (Fsp3) is 0.400. The number of fused-ring (bicyclic) bond motifs is 1. The minimum Gasteiger partial charge on any atom is -0.333 e. The van der Waals surface area contributed by atoms with E-state index >= 15 is 0 Å². The maximum absolute atomic E-state index is 12.3. The maximum Gasteiger partial charge on any atom is 0.256 e. The van der Waals surface area contributed by atoms with Gasteiger partial charge in [-0.05, 0) is 19.8 Å². The quantitative estimate of drug-likeness (QED) is 0.801. The third-order valence-electron chi connectivity index (χ3n) is 2.74. The van der Waals surface area contributed by atoms with Crippen molar-refractivity contribution in [1.82, 2.24) is 9.88 Å². The van der Waals surface area contributed by atoms with Gasteiger partial charge < -0.3 is 4.90 Å². The zero-order valence-corrected chi connectivity index (χ0v) is 13.9. The summed E-state index contributed by atoms with van der Waals surface area (Å²) in [4.78, 5) is 18.6. The van der Waals surface area contributed by atoms with E-state index in [-0.39, 0.29) is 13.2 Å². The Morgan fingerprint density at radius 3 is 3.06 bits per heavy atom. The zero-order valence-electron chi connectivity index (χ0n) is 9.68. The van der Waals surface area contributed by atoms with E-state index in [9.17, 15) is 4.79 Å². The van der Waals surface area contributed by atoms with Crippen molar-refractivity contribution in [2.24, 2.45) is 0 Å². The molecular formula is C10H16N2OP4. The highest BCUT2D eigenvalue weighted by molar-refractivity contribution is 8.63. The van der Waals surface area contributed by atoms with Crippen molar-refractivity contribution in [2.75, 3.05) is 6.54 Å². The van der Waals surface area contributed by atoms with Crippen LogP contribution in [0.1, 0.15) is 29.4 Å². The fourth-order valence-electron chi connectivity index (χ4n) is 1.98. The van der Waals surface area contributed by atoms with Crippen LogP contribution in [0.3, 0.4) is 0 Å². The average molecular weight is 304 g/mol. The van der Waals surface area contributed by atoms with Gasteiger partial charge in [0.1, 0.15) is 0 Å². The highest BCUT2D eigenvalue weighted by Crippen LogP contribution is 2.65. The highest BCUT2D eigenvalue weighted by atomic mass is 32.6. The van der Waals surface area contributed by atoms with E-state index in [4.69, 9.17) is 0 Å². The summed E-state index contributed by atoms with van der Waals surface area (Å²) in [5.74, 6) is 0.170. The van der Waals surface area contributed by atoms with Crippen LogP contribution in [0.5, 0.6) is 0 Å². The number of hydrogen-bond acceptors (Lipinski definition) is 2. The first-order chi connectivity index (χ1) is 8.19. The molecule has 1 aromatic heterocycles. The van der Waals surface area contributed by atoms with E-state index in [1.54, 1.807) is 0 Å². The van der Waals surface area contributed by atoms with Crippen LogP contribution in [0.25, 0.3) is 0 Å². The van der Waals surface area contributed by atoms with Crippen molar-refractivity contribution < 1.29 is 4.79 Å². The molecule has 0 fully saturated rings. The summed E-state index contributed by atoms with van der Waals surface area (Å²) in [5, 5.41) is 1.19. The molecular weight excluding hydrogens is 288 g/mol. The van der Waals surface area contributed by atoms with Crippen molar-refractivity contribution in [3.8, 4) is 0 Å². The highest BCUT2D eigenvalue weighted by Gasteiger charge is 2.31. The minimum absolute atomic E-state index is 0.170. The van der Waals surface area contributed by atoms with Crippen LogP contribution in [0, 0.1) is 0 Å². The Labute approximate surface area is 109 Å². The van der Waals surface area contributed by atoms with Crippen LogP contribution in [-0.2, 0) is 6.54 Å². The number of amides is 1. The van der Waals surface area contributed by atoms with Crippen molar-refractivity contribution in [1.29, 1.82) is 0 Å². The standard InChI is InChI=1S/C10H16N2OP4/c1-2-5-12-6-7-9(10(12)13)8(3-4-11-7)17(15)16-14/h3-4,16H,2,5-6,14-15H2,1H3. The van der Waals surface area contributed by atoms with Crippen LogP contribution in [0.4, 0.5) is 0 Å². The summed E-state index contributed by atoms with van der Waals surface area (Å²) in [6.07, 6.45) is 2.83. The zero-order chi connectivity index (χ0) is 12.4. The van der Waals surface area contributed by atoms with E-state index < -0.39 is 0 Å². The molecule has 0 spiro atoms. The molecule has 1 aliphatic heterocycles. The second kappa shape index (κ2) is 5.99. The Kier molecular flexibility index (Phi) is 4.85. The lowest BCUT2D eigenvalue weighted by atomic mass is 10.2. The fourth-order valence-corrected chi connectivity index (χ4v) is 5.68. The molecule has 0 radical (unpaired) electrons. The molecule has 0 aromatic carbocycles. The van der Waals surface area contributed by atoms with Gasteiger partial charge in [-0.15, -0.1) is 17.9 Å². The second-order valence-electron chi connectivity index (χ2n) is 3.88. The van der Waals surface area contributed by atoms with Crippen molar-refractivity contribution in [3.63, 3.8) is 0 Å². The molecule has 17 heavy (non-hydrogen) atoms. The summed E-state index contributed by atoms with van der Waals surface area (Å²) in [7, 11) is 6.10. The SMILES string of the molecule is CCCN1Cc2nccc(P(P)PP)c2C1=O. The number of nitrogens with zero attached hydrogens (tertiary/aromatic N) is 2. The first kappa shape index (κ1) is 13.8. The minimum atomic E-state index is -0.311. The summed E-state index contributed by atoms with van der Waals surface area (Å²) in [6, 6.07) is 2.00. The molecule has 92 valence electrons. The molecule has 7 heteroatoms. The summed E-state index contributed by atoms with van der Waals surface area (Å²) in [6.45, 7) is 3.60.